The average molecular weight is 410 g/mol. The molecule has 2 aromatic carbocycles. The van der Waals surface area contributed by atoms with Gasteiger partial charge < -0.3 is 4.74 Å². The van der Waals surface area contributed by atoms with Crippen molar-refractivity contribution >= 4 is 64.2 Å². The number of hydrogen-bond acceptors (Lipinski definition) is 4. The monoisotopic (exact) mass is 408 g/mol. The fourth-order valence-corrected chi connectivity index (χ4v) is 3.08. The minimum absolute atomic E-state index is 0.0565. The highest BCUT2D eigenvalue weighted by Gasteiger charge is 2.36. The van der Waals surface area contributed by atoms with Crippen LogP contribution in [0.4, 0.5) is 5.69 Å². The number of anilines is 1. The first-order chi connectivity index (χ1) is 12.4. The van der Waals surface area contributed by atoms with Crippen LogP contribution in [0.1, 0.15) is 5.56 Å². The van der Waals surface area contributed by atoms with Gasteiger partial charge in [-0.05, 0) is 35.9 Å². The van der Waals surface area contributed by atoms with E-state index < -0.39 is 11.9 Å². The number of methoxy groups -OCH3 is 1. The molecule has 0 aromatic heterocycles. The first-order valence-corrected chi connectivity index (χ1v) is 8.48. The van der Waals surface area contributed by atoms with E-state index in [1.54, 1.807) is 24.3 Å². The van der Waals surface area contributed by atoms with E-state index >= 15 is 0 Å². The number of hydrazone groups is 1. The lowest BCUT2D eigenvalue weighted by atomic mass is 10.1. The Morgan fingerprint density at radius 2 is 1.77 bits per heavy atom. The molecule has 132 valence electrons. The van der Waals surface area contributed by atoms with E-state index in [4.69, 9.17) is 39.5 Å². The molecule has 8 heteroatoms. The summed E-state index contributed by atoms with van der Waals surface area (Å²) in [5.41, 5.74) is 0.825. The fourth-order valence-electron chi connectivity index (χ4n) is 2.38. The van der Waals surface area contributed by atoms with E-state index in [9.17, 15) is 9.59 Å². The average Bonchev–Trinajstić information content (AvgIpc) is 2.92. The van der Waals surface area contributed by atoms with E-state index in [0.717, 1.165) is 5.01 Å². The third-order valence-corrected chi connectivity index (χ3v) is 4.33. The zero-order chi connectivity index (χ0) is 18.8. The Hall–Kier alpha value is -2.34. The molecular formula is C18H11Cl3N2O3. The van der Waals surface area contributed by atoms with Crippen LogP contribution in [0.2, 0.25) is 15.1 Å². The maximum Gasteiger partial charge on any atom is 0.359 e. The predicted octanol–water partition coefficient (Wildman–Crippen LogP) is 4.61. The van der Waals surface area contributed by atoms with Crippen molar-refractivity contribution in [3.63, 3.8) is 0 Å². The van der Waals surface area contributed by atoms with Gasteiger partial charge in [0.15, 0.2) is 5.71 Å². The van der Waals surface area contributed by atoms with Crippen LogP contribution in [-0.4, -0.2) is 24.7 Å². The van der Waals surface area contributed by atoms with E-state index in [-0.39, 0.29) is 11.3 Å². The Morgan fingerprint density at radius 1 is 1.12 bits per heavy atom. The summed E-state index contributed by atoms with van der Waals surface area (Å²) in [6, 6.07) is 11.5. The van der Waals surface area contributed by atoms with Crippen molar-refractivity contribution in [2.75, 3.05) is 12.1 Å². The van der Waals surface area contributed by atoms with Crippen molar-refractivity contribution in [3.05, 3.63) is 68.7 Å². The lowest BCUT2D eigenvalue weighted by molar-refractivity contribution is -0.132. The molecule has 1 heterocycles. The first-order valence-electron chi connectivity index (χ1n) is 7.35. The maximum atomic E-state index is 12.9. The minimum atomic E-state index is -0.743. The molecule has 0 bridgehead atoms. The molecule has 1 aliphatic rings. The van der Waals surface area contributed by atoms with Crippen LogP contribution in [0.25, 0.3) is 6.08 Å². The molecule has 0 fully saturated rings. The maximum absolute atomic E-state index is 12.9. The van der Waals surface area contributed by atoms with E-state index in [1.807, 2.05) is 0 Å². The third-order valence-electron chi connectivity index (χ3n) is 3.55. The van der Waals surface area contributed by atoms with Gasteiger partial charge >= 0.3 is 5.97 Å². The number of carbonyl (C=O) groups excluding carboxylic acids is 2. The van der Waals surface area contributed by atoms with Crippen molar-refractivity contribution in [2.45, 2.75) is 0 Å². The van der Waals surface area contributed by atoms with Crippen LogP contribution < -0.4 is 5.01 Å². The van der Waals surface area contributed by atoms with Crippen LogP contribution in [0.5, 0.6) is 0 Å². The molecule has 0 unspecified atom stereocenters. The Balaban J connectivity index is 2.11. The van der Waals surface area contributed by atoms with Gasteiger partial charge in [-0.2, -0.15) is 10.1 Å². The lowest BCUT2D eigenvalue weighted by Gasteiger charge is -2.12. The Labute approximate surface area is 164 Å². The zero-order valence-corrected chi connectivity index (χ0v) is 15.6. The summed E-state index contributed by atoms with van der Waals surface area (Å²) in [6.45, 7) is 0. The summed E-state index contributed by atoms with van der Waals surface area (Å²) in [7, 11) is 1.21. The van der Waals surface area contributed by atoms with Gasteiger partial charge in [0, 0.05) is 15.1 Å². The number of benzene rings is 2. The molecule has 0 N–H and O–H groups in total. The van der Waals surface area contributed by atoms with Gasteiger partial charge in [0.2, 0.25) is 0 Å². The summed E-state index contributed by atoms with van der Waals surface area (Å²) in [5, 5.41) is 6.24. The normalized spacial score (nSPS) is 15.4. The largest absolute Gasteiger partial charge is 0.464 e. The molecule has 0 spiro atoms. The third kappa shape index (κ3) is 3.60. The summed E-state index contributed by atoms with van der Waals surface area (Å²) >= 11 is 18.1. The van der Waals surface area contributed by atoms with Gasteiger partial charge in [0.05, 0.1) is 18.4 Å². The standard InChI is InChI=1S/C18H11Cl3N2O3/c1-26-18(25)16-14(6-10-4-2-3-5-15(10)21)17(24)23(22-16)13-8-11(19)7-12(20)9-13/h2-9H,1H3. The van der Waals surface area contributed by atoms with Gasteiger partial charge in [-0.15, -0.1) is 0 Å². The van der Waals surface area contributed by atoms with Crippen LogP contribution >= 0.6 is 34.8 Å². The smallest absolute Gasteiger partial charge is 0.359 e. The molecule has 2 aromatic rings. The number of hydrogen-bond donors (Lipinski definition) is 0. The summed E-state index contributed by atoms with van der Waals surface area (Å²) in [5.74, 6) is -1.27. The lowest BCUT2D eigenvalue weighted by Crippen LogP contribution is -2.22. The van der Waals surface area contributed by atoms with E-state index in [0.29, 0.717) is 26.3 Å². The Kier molecular flexibility index (Phi) is 5.32. The SMILES string of the molecule is COC(=O)C1=NN(c2cc(Cl)cc(Cl)c2)C(=O)C1=Cc1ccccc1Cl. The molecule has 0 saturated heterocycles. The number of amides is 1. The van der Waals surface area contributed by atoms with Crippen LogP contribution in [-0.2, 0) is 14.3 Å². The van der Waals surface area contributed by atoms with Crippen LogP contribution in [0.3, 0.4) is 0 Å². The molecule has 3 rings (SSSR count). The summed E-state index contributed by atoms with van der Waals surface area (Å²) < 4.78 is 4.74. The van der Waals surface area contributed by atoms with Gasteiger partial charge in [-0.25, -0.2) is 4.79 Å². The highest BCUT2D eigenvalue weighted by Crippen LogP contribution is 2.31. The number of carbonyl (C=O) groups is 2. The molecule has 0 atom stereocenters. The van der Waals surface area contributed by atoms with Crippen molar-refractivity contribution in [1.82, 2.24) is 0 Å². The van der Waals surface area contributed by atoms with Crippen molar-refractivity contribution in [1.29, 1.82) is 0 Å². The second-order valence-corrected chi connectivity index (χ2v) is 6.54. The van der Waals surface area contributed by atoms with Crippen molar-refractivity contribution < 1.29 is 14.3 Å². The van der Waals surface area contributed by atoms with Crippen molar-refractivity contribution in [3.8, 4) is 0 Å². The zero-order valence-electron chi connectivity index (χ0n) is 13.4. The topological polar surface area (TPSA) is 59.0 Å². The van der Waals surface area contributed by atoms with Crippen LogP contribution in [0.15, 0.2) is 53.1 Å². The van der Waals surface area contributed by atoms with Gasteiger partial charge in [0.1, 0.15) is 0 Å². The number of nitrogens with zero attached hydrogens (tertiary/aromatic N) is 2. The van der Waals surface area contributed by atoms with Gasteiger partial charge in [-0.1, -0.05) is 53.0 Å². The molecule has 0 aliphatic carbocycles. The van der Waals surface area contributed by atoms with Crippen molar-refractivity contribution in [2.24, 2.45) is 5.10 Å². The predicted molar refractivity (Wildman–Crippen MR) is 103 cm³/mol. The second kappa shape index (κ2) is 7.50. The molecule has 26 heavy (non-hydrogen) atoms. The van der Waals surface area contributed by atoms with Gasteiger partial charge in [-0.3, -0.25) is 4.79 Å². The number of ether oxygens (including phenoxy) is 1. The molecule has 1 amide bonds. The number of halogens is 3. The quantitative estimate of drug-likeness (QED) is 0.549. The minimum Gasteiger partial charge on any atom is -0.464 e. The Bertz CT molecular complexity index is 950. The number of esters is 1. The molecule has 1 aliphatic heterocycles. The molecule has 0 saturated carbocycles. The highest BCUT2D eigenvalue weighted by atomic mass is 35.5. The first kappa shape index (κ1) is 18.5. The molecule has 5 nitrogen and oxygen atoms in total. The number of rotatable bonds is 3. The molecular weight excluding hydrogens is 399 g/mol. The molecule has 0 radical (unpaired) electrons. The van der Waals surface area contributed by atoms with E-state index in [1.165, 1.54) is 31.4 Å². The second-order valence-electron chi connectivity index (χ2n) is 5.26. The summed E-state index contributed by atoms with van der Waals surface area (Å²) in [4.78, 5) is 25.0. The highest BCUT2D eigenvalue weighted by molar-refractivity contribution is 6.54. The van der Waals surface area contributed by atoms with Gasteiger partial charge in [0.25, 0.3) is 5.91 Å². The Morgan fingerprint density at radius 3 is 2.38 bits per heavy atom. The van der Waals surface area contributed by atoms with Crippen LogP contribution in [0, 0.1) is 0 Å². The summed E-state index contributed by atoms with van der Waals surface area (Å²) in [6.07, 6.45) is 1.49. The fraction of sp³-hybridized carbons (Fsp3) is 0.0556. The van der Waals surface area contributed by atoms with E-state index in [2.05, 4.69) is 5.10 Å².